The highest BCUT2D eigenvalue weighted by atomic mass is 35.5. The molecule has 1 unspecified atom stereocenters. The van der Waals surface area contributed by atoms with Crippen molar-refractivity contribution in [1.29, 1.82) is 0 Å². The van der Waals surface area contributed by atoms with Crippen LogP contribution in [0.4, 0.5) is 4.39 Å². The van der Waals surface area contributed by atoms with E-state index >= 15 is 0 Å². The van der Waals surface area contributed by atoms with E-state index in [-0.39, 0.29) is 11.7 Å². The summed E-state index contributed by atoms with van der Waals surface area (Å²) < 4.78 is 13.7. The lowest BCUT2D eigenvalue weighted by atomic mass is 9.93. The highest BCUT2D eigenvalue weighted by molar-refractivity contribution is 6.31. The van der Waals surface area contributed by atoms with Gasteiger partial charge in [-0.05, 0) is 29.7 Å². The van der Waals surface area contributed by atoms with Gasteiger partial charge in [-0.25, -0.2) is 4.39 Å². The Morgan fingerprint density at radius 3 is 2.33 bits per heavy atom. The van der Waals surface area contributed by atoms with Crippen molar-refractivity contribution in [1.82, 2.24) is 0 Å². The minimum atomic E-state index is -0.213. The van der Waals surface area contributed by atoms with E-state index in [4.69, 9.17) is 23.2 Å². The van der Waals surface area contributed by atoms with Crippen LogP contribution in [0.5, 0.6) is 0 Å². The molecule has 0 heterocycles. The molecule has 2 rings (SSSR count). The van der Waals surface area contributed by atoms with Crippen molar-refractivity contribution in [2.75, 3.05) is 5.88 Å². The van der Waals surface area contributed by atoms with Crippen LogP contribution in [-0.2, 0) is 6.42 Å². The highest BCUT2D eigenvalue weighted by Crippen LogP contribution is 2.27. The maximum atomic E-state index is 13.7. The van der Waals surface area contributed by atoms with Gasteiger partial charge in [-0.1, -0.05) is 48.0 Å². The maximum Gasteiger partial charge on any atom is 0.126 e. The summed E-state index contributed by atoms with van der Waals surface area (Å²) >= 11 is 12.1. The Morgan fingerprint density at radius 1 is 1.00 bits per heavy atom. The molecule has 0 aliphatic carbocycles. The molecule has 0 amide bonds. The molecule has 0 spiro atoms. The zero-order chi connectivity index (χ0) is 13.0. The standard InChI is InChI=1S/C15H13Cl2F/c16-10-12(13-6-2-4-8-15(13)18)9-11-5-1-3-7-14(11)17/h1-8,12H,9-10H2. The van der Waals surface area contributed by atoms with Crippen LogP contribution in [0.15, 0.2) is 48.5 Å². The van der Waals surface area contributed by atoms with Crippen LogP contribution in [0.25, 0.3) is 0 Å². The van der Waals surface area contributed by atoms with Crippen molar-refractivity contribution in [2.45, 2.75) is 12.3 Å². The van der Waals surface area contributed by atoms with E-state index in [1.165, 1.54) is 6.07 Å². The molecule has 94 valence electrons. The fourth-order valence-corrected chi connectivity index (χ4v) is 2.47. The first-order valence-electron chi connectivity index (χ1n) is 5.76. The van der Waals surface area contributed by atoms with E-state index in [0.29, 0.717) is 22.9 Å². The Bertz CT molecular complexity index is 525. The van der Waals surface area contributed by atoms with Gasteiger partial charge in [-0.3, -0.25) is 0 Å². The molecule has 3 heteroatoms. The number of halogens is 3. The summed E-state index contributed by atoms with van der Waals surface area (Å²) in [6, 6.07) is 14.3. The van der Waals surface area contributed by atoms with Gasteiger partial charge in [-0.2, -0.15) is 0 Å². The molecule has 0 aliphatic rings. The molecule has 0 saturated heterocycles. The molecule has 0 aromatic heterocycles. The monoisotopic (exact) mass is 282 g/mol. The molecule has 2 aromatic carbocycles. The summed E-state index contributed by atoms with van der Waals surface area (Å²) in [6.45, 7) is 0. The SMILES string of the molecule is Fc1ccccc1C(CCl)Cc1ccccc1Cl. The number of benzene rings is 2. The van der Waals surface area contributed by atoms with Crippen LogP contribution in [0.1, 0.15) is 17.0 Å². The van der Waals surface area contributed by atoms with Gasteiger partial charge in [0.1, 0.15) is 5.82 Å². The molecule has 0 N–H and O–H groups in total. The first kappa shape index (κ1) is 13.4. The van der Waals surface area contributed by atoms with Crippen LogP contribution in [-0.4, -0.2) is 5.88 Å². The summed E-state index contributed by atoms with van der Waals surface area (Å²) in [5.41, 5.74) is 1.64. The maximum absolute atomic E-state index is 13.7. The van der Waals surface area contributed by atoms with E-state index in [2.05, 4.69) is 0 Å². The molecular weight excluding hydrogens is 270 g/mol. The summed E-state index contributed by atoms with van der Waals surface area (Å²) in [7, 11) is 0. The average molecular weight is 283 g/mol. The van der Waals surface area contributed by atoms with Crippen molar-refractivity contribution in [3.8, 4) is 0 Å². The van der Waals surface area contributed by atoms with Gasteiger partial charge in [0.25, 0.3) is 0 Å². The summed E-state index contributed by atoms with van der Waals surface area (Å²) in [5.74, 6) is 0.0922. The van der Waals surface area contributed by atoms with Gasteiger partial charge >= 0.3 is 0 Å². The second-order valence-corrected chi connectivity index (χ2v) is 4.88. The van der Waals surface area contributed by atoms with Crippen molar-refractivity contribution < 1.29 is 4.39 Å². The van der Waals surface area contributed by atoms with E-state index in [9.17, 15) is 4.39 Å². The smallest absolute Gasteiger partial charge is 0.126 e. The Kier molecular flexibility index (Phi) is 4.62. The van der Waals surface area contributed by atoms with Gasteiger partial charge in [0.15, 0.2) is 0 Å². The molecule has 0 fully saturated rings. The Labute approximate surface area is 116 Å². The minimum Gasteiger partial charge on any atom is -0.207 e. The third-order valence-electron chi connectivity index (χ3n) is 2.96. The number of alkyl halides is 1. The summed E-state index contributed by atoms with van der Waals surface area (Å²) in [4.78, 5) is 0. The highest BCUT2D eigenvalue weighted by Gasteiger charge is 2.16. The molecule has 0 bridgehead atoms. The van der Waals surface area contributed by atoms with E-state index in [1.807, 2.05) is 30.3 Å². The van der Waals surface area contributed by atoms with Gasteiger partial charge in [-0.15, -0.1) is 11.6 Å². The van der Waals surface area contributed by atoms with E-state index in [0.717, 1.165) is 5.56 Å². The van der Waals surface area contributed by atoms with Crippen LogP contribution in [0.2, 0.25) is 5.02 Å². The zero-order valence-corrected chi connectivity index (χ0v) is 11.3. The fraction of sp³-hybridized carbons (Fsp3) is 0.200. The van der Waals surface area contributed by atoms with Crippen LogP contribution < -0.4 is 0 Å². The van der Waals surface area contributed by atoms with Gasteiger partial charge in [0.2, 0.25) is 0 Å². The molecular formula is C15H13Cl2F. The molecule has 0 aliphatic heterocycles. The van der Waals surface area contributed by atoms with E-state index < -0.39 is 0 Å². The number of hydrogen-bond acceptors (Lipinski definition) is 0. The van der Waals surface area contributed by atoms with Crippen molar-refractivity contribution in [3.05, 3.63) is 70.5 Å². The quantitative estimate of drug-likeness (QED) is 0.689. The lowest BCUT2D eigenvalue weighted by molar-refractivity contribution is 0.589. The number of rotatable bonds is 4. The normalized spacial score (nSPS) is 12.4. The average Bonchev–Trinajstić information content (AvgIpc) is 2.39. The third-order valence-corrected chi connectivity index (χ3v) is 3.70. The predicted octanol–water partition coefficient (Wildman–Crippen LogP) is 5.04. The summed E-state index contributed by atoms with van der Waals surface area (Å²) in [5, 5.41) is 0.698. The van der Waals surface area contributed by atoms with Crippen molar-refractivity contribution in [2.24, 2.45) is 0 Å². The molecule has 0 radical (unpaired) electrons. The second-order valence-electron chi connectivity index (χ2n) is 4.17. The third kappa shape index (κ3) is 3.04. The fourth-order valence-electron chi connectivity index (χ4n) is 1.98. The predicted molar refractivity (Wildman–Crippen MR) is 75.0 cm³/mol. The molecule has 2 aromatic rings. The first-order chi connectivity index (χ1) is 8.72. The van der Waals surface area contributed by atoms with Crippen LogP contribution in [0.3, 0.4) is 0 Å². The van der Waals surface area contributed by atoms with Crippen molar-refractivity contribution in [3.63, 3.8) is 0 Å². The Hall–Kier alpha value is -1.05. The lowest BCUT2D eigenvalue weighted by Crippen LogP contribution is -2.07. The van der Waals surface area contributed by atoms with Crippen LogP contribution in [0, 0.1) is 5.82 Å². The second kappa shape index (κ2) is 6.21. The van der Waals surface area contributed by atoms with Gasteiger partial charge in [0, 0.05) is 16.8 Å². The Morgan fingerprint density at radius 2 is 1.67 bits per heavy atom. The minimum absolute atomic E-state index is 0.0623. The molecule has 18 heavy (non-hydrogen) atoms. The van der Waals surface area contributed by atoms with E-state index in [1.54, 1.807) is 12.1 Å². The topological polar surface area (TPSA) is 0 Å². The largest absolute Gasteiger partial charge is 0.207 e. The van der Waals surface area contributed by atoms with Gasteiger partial charge < -0.3 is 0 Å². The molecule has 0 nitrogen and oxygen atoms in total. The zero-order valence-electron chi connectivity index (χ0n) is 9.74. The van der Waals surface area contributed by atoms with Crippen LogP contribution >= 0.6 is 23.2 Å². The summed E-state index contributed by atoms with van der Waals surface area (Å²) in [6.07, 6.45) is 0.643. The Balaban J connectivity index is 2.26. The lowest BCUT2D eigenvalue weighted by Gasteiger charge is -2.16. The van der Waals surface area contributed by atoms with Gasteiger partial charge in [0.05, 0.1) is 0 Å². The molecule has 0 saturated carbocycles. The van der Waals surface area contributed by atoms with Crippen molar-refractivity contribution >= 4 is 23.2 Å². The molecule has 1 atom stereocenters. The number of hydrogen-bond donors (Lipinski definition) is 0. The first-order valence-corrected chi connectivity index (χ1v) is 6.67.